The molecule has 5 N–H and O–H groups in total. The minimum atomic E-state index is -0.255. The van der Waals surface area contributed by atoms with Crippen LogP contribution in [0.25, 0.3) is 0 Å². The molecule has 2 aromatic rings. The summed E-state index contributed by atoms with van der Waals surface area (Å²) in [6.45, 7) is 0. The van der Waals surface area contributed by atoms with Gasteiger partial charge in [-0.3, -0.25) is 10.2 Å². The third-order valence-corrected chi connectivity index (χ3v) is 5.65. The fourth-order valence-corrected chi connectivity index (χ4v) is 4.05. The summed E-state index contributed by atoms with van der Waals surface area (Å²) in [6.07, 6.45) is 0. The maximum absolute atomic E-state index is 11.3. The summed E-state index contributed by atoms with van der Waals surface area (Å²) in [4.78, 5) is 14.2. The Bertz CT molecular complexity index is 600. The van der Waals surface area contributed by atoms with Crippen molar-refractivity contribution in [3.8, 4) is 0 Å². The Morgan fingerprint density at radius 2 is 2.16 bits per heavy atom. The van der Waals surface area contributed by atoms with Gasteiger partial charge < -0.3 is 5.73 Å². The van der Waals surface area contributed by atoms with Crippen LogP contribution in [0.4, 0.5) is 5.69 Å². The normalized spacial score (nSPS) is 10.4. The molecule has 0 radical (unpaired) electrons. The lowest BCUT2D eigenvalue weighted by molar-refractivity contribution is 0.0957. The van der Waals surface area contributed by atoms with Gasteiger partial charge in [-0.1, -0.05) is 0 Å². The van der Waals surface area contributed by atoms with Crippen LogP contribution in [0.2, 0.25) is 0 Å². The van der Waals surface area contributed by atoms with Crippen molar-refractivity contribution in [2.45, 2.75) is 10.6 Å². The second-order valence-electron chi connectivity index (χ2n) is 3.72. The number of halogens is 1. The molecule has 0 saturated carbocycles. The van der Waals surface area contributed by atoms with Gasteiger partial charge >= 0.3 is 0 Å². The van der Waals surface area contributed by atoms with Gasteiger partial charge in [-0.2, -0.15) is 0 Å². The van der Waals surface area contributed by atoms with Crippen molar-refractivity contribution in [2.75, 3.05) is 5.73 Å². The van der Waals surface area contributed by atoms with Crippen molar-refractivity contribution >= 4 is 50.6 Å². The fraction of sp³-hybridized carbons (Fsp3) is 0.0833. The van der Waals surface area contributed by atoms with Gasteiger partial charge in [0.1, 0.15) is 0 Å². The Hall–Kier alpha value is -1.02. The summed E-state index contributed by atoms with van der Waals surface area (Å²) >= 11 is 6.61. The maximum atomic E-state index is 11.3. The van der Waals surface area contributed by atoms with Crippen LogP contribution in [0.5, 0.6) is 0 Å². The molecular formula is C12H12BrN3OS2. The third kappa shape index (κ3) is 3.73. The number of rotatable bonds is 4. The van der Waals surface area contributed by atoms with Crippen LogP contribution >= 0.6 is 39.0 Å². The highest BCUT2D eigenvalue weighted by Gasteiger charge is 2.08. The molecular weight excluding hydrogens is 346 g/mol. The summed E-state index contributed by atoms with van der Waals surface area (Å²) in [5.74, 6) is 5.64. The zero-order valence-electron chi connectivity index (χ0n) is 9.85. The molecule has 0 aliphatic heterocycles. The highest BCUT2D eigenvalue weighted by molar-refractivity contribution is 9.10. The van der Waals surface area contributed by atoms with E-state index in [9.17, 15) is 4.79 Å². The van der Waals surface area contributed by atoms with Gasteiger partial charge in [-0.05, 0) is 46.3 Å². The molecule has 0 aliphatic rings. The van der Waals surface area contributed by atoms with E-state index in [0.717, 1.165) is 25.7 Å². The van der Waals surface area contributed by atoms with Crippen molar-refractivity contribution in [3.63, 3.8) is 0 Å². The summed E-state index contributed by atoms with van der Waals surface area (Å²) in [6, 6.07) is 9.44. The average Bonchev–Trinajstić information content (AvgIpc) is 2.85. The van der Waals surface area contributed by atoms with Crippen LogP contribution in [0.15, 0.2) is 39.7 Å². The number of hydrogen-bond donors (Lipinski definition) is 3. The Balaban J connectivity index is 2.02. The Labute approximate surface area is 127 Å². The first-order valence-electron chi connectivity index (χ1n) is 5.37. The number of anilines is 1. The van der Waals surface area contributed by atoms with E-state index in [1.54, 1.807) is 17.8 Å². The maximum Gasteiger partial charge on any atom is 0.275 e. The van der Waals surface area contributed by atoms with Crippen LogP contribution in [0, 0.1) is 0 Å². The number of hydrogen-bond acceptors (Lipinski definition) is 5. The SMILES string of the molecule is NNC(=O)c1ccc(CSc2ccc(N)cc2Br)s1. The van der Waals surface area contributed by atoms with E-state index in [1.807, 2.05) is 24.3 Å². The van der Waals surface area contributed by atoms with Crippen molar-refractivity contribution < 1.29 is 4.79 Å². The fourth-order valence-electron chi connectivity index (χ4n) is 1.43. The van der Waals surface area contributed by atoms with E-state index in [4.69, 9.17) is 11.6 Å². The predicted octanol–water partition coefficient (Wildman–Crippen LogP) is 2.99. The molecule has 100 valence electrons. The van der Waals surface area contributed by atoms with Crippen LogP contribution < -0.4 is 17.0 Å². The molecule has 19 heavy (non-hydrogen) atoms. The molecule has 4 nitrogen and oxygen atoms in total. The van der Waals surface area contributed by atoms with E-state index in [2.05, 4.69) is 21.4 Å². The largest absolute Gasteiger partial charge is 0.399 e. The molecule has 1 heterocycles. The Morgan fingerprint density at radius 3 is 2.84 bits per heavy atom. The Kier molecular flexibility index (Phi) is 4.87. The summed E-state index contributed by atoms with van der Waals surface area (Å²) in [5.41, 5.74) is 8.55. The number of carbonyl (C=O) groups excluding carboxylic acids is 1. The van der Waals surface area contributed by atoms with Crippen LogP contribution in [-0.4, -0.2) is 5.91 Å². The smallest absolute Gasteiger partial charge is 0.275 e. The van der Waals surface area contributed by atoms with Gasteiger partial charge in [-0.15, -0.1) is 23.1 Å². The van der Waals surface area contributed by atoms with Crippen LogP contribution in [-0.2, 0) is 5.75 Å². The number of hydrazine groups is 1. The quantitative estimate of drug-likeness (QED) is 0.258. The van der Waals surface area contributed by atoms with Crippen molar-refractivity contribution in [1.82, 2.24) is 5.43 Å². The topological polar surface area (TPSA) is 81.1 Å². The van der Waals surface area contributed by atoms with Gasteiger partial charge in [0.25, 0.3) is 5.91 Å². The summed E-state index contributed by atoms with van der Waals surface area (Å²) in [7, 11) is 0. The van der Waals surface area contributed by atoms with Crippen LogP contribution in [0.1, 0.15) is 14.5 Å². The number of nitrogens with two attached hydrogens (primary N) is 2. The first-order chi connectivity index (χ1) is 9.10. The minimum Gasteiger partial charge on any atom is -0.399 e. The molecule has 0 aliphatic carbocycles. The van der Waals surface area contributed by atoms with E-state index >= 15 is 0 Å². The van der Waals surface area contributed by atoms with Crippen molar-refractivity contribution in [3.05, 3.63) is 44.6 Å². The molecule has 7 heteroatoms. The monoisotopic (exact) mass is 357 g/mol. The second-order valence-corrected chi connectivity index (χ2v) is 6.76. The molecule has 1 aromatic heterocycles. The molecule has 0 unspecified atom stereocenters. The predicted molar refractivity (Wildman–Crippen MR) is 84.1 cm³/mol. The average molecular weight is 358 g/mol. The van der Waals surface area contributed by atoms with Gasteiger partial charge in [-0.25, -0.2) is 5.84 Å². The van der Waals surface area contributed by atoms with Gasteiger partial charge in [0.2, 0.25) is 0 Å². The lowest BCUT2D eigenvalue weighted by atomic mass is 10.3. The van der Waals surface area contributed by atoms with Gasteiger partial charge in [0.05, 0.1) is 4.88 Å². The number of nitrogens with one attached hydrogen (secondary N) is 1. The third-order valence-electron chi connectivity index (χ3n) is 2.34. The van der Waals surface area contributed by atoms with E-state index < -0.39 is 0 Å². The summed E-state index contributed by atoms with van der Waals surface area (Å²) in [5, 5.41) is 0. The second kappa shape index (κ2) is 6.42. The van der Waals surface area contributed by atoms with Crippen molar-refractivity contribution in [2.24, 2.45) is 5.84 Å². The molecule has 1 aromatic carbocycles. The number of thiophene rings is 1. The first-order valence-corrected chi connectivity index (χ1v) is 7.97. The van der Waals surface area contributed by atoms with Gasteiger partial charge in [0.15, 0.2) is 0 Å². The number of amides is 1. The van der Waals surface area contributed by atoms with E-state index in [-0.39, 0.29) is 5.91 Å². The highest BCUT2D eigenvalue weighted by atomic mass is 79.9. The van der Waals surface area contributed by atoms with Gasteiger partial charge in [0, 0.05) is 25.7 Å². The van der Waals surface area contributed by atoms with E-state index in [1.165, 1.54) is 11.3 Å². The summed E-state index contributed by atoms with van der Waals surface area (Å²) < 4.78 is 0.981. The lowest BCUT2D eigenvalue weighted by Crippen LogP contribution is -2.29. The standard InChI is InChI=1S/C12H12BrN3OS2/c13-9-5-7(14)1-3-10(9)18-6-8-2-4-11(19-8)12(17)16-15/h1-5H,6,14-15H2,(H,16,17). The van der Waals surface area contributed by atoms with E-state index in [0.29, 0.717) is 4.88 Å². The molecule has 0 atom stereocenters. The molecule has 2 rings (SSSR count). The number of nitrogen functional groups attached to an aromatic ring is 2. The Morgan fingerprint density at radius 1 is 1.37 bits per heavy atom. The highest BCUT2D eigenvalue weighted by Crippen LogP contribution is 2.33. The van der Waals surface area contributed by atoms with Crippen LogP contribution in [0.3, 0.4) is 0 Å². The molecule has 1 amide bonds. The first kappa shape index (κ1) is 14.4. The number of benzene rings is 1. The zero-order chi connectivity index (χ0) is 13.8. The number of carbonyl (C=O) groups is 1. The minimum absolute atomic E-state index is 0.255. The molecule has 0 fully saturated rings. The lowest BCUT2D eigenvalue weighted by Gasteiger charge is -2.04. The molecule has 0 bridgehead atoms. The zero-order valence-corrected chi connectivity index (χ0v) is 13.1. The number of thioether (sulfide) groups is 1. The molecule has 0 saturated heterocycles. The van der Waals surface area contributed by atoms with Crippen molar-refractivity contribution in [1.29, 1.82) is 0 Å². The molecule has 0 spiro atoms.